The molecule has 252 valence electrons. The molecule has 3 heteroatoms. The zero-order valence-electron chi connectivity index (χ0n) is 29.3. The molecule has 0 heterocycles. The van der Waals surface area contributed by atoms with Crippen LogP contribution in [0.5, 0.6) is 0 Å². The third-order valence-corrected chi connectivity index (χ3v) is 13.2. The molecule has 8 rings (SSSR count). The summed E-state index contributed by atoms with van der Waals surface area (Å²) in [6, 6.07) is 40.9. The monoisotopic (exact) mass is 842 g/mol. The van der Waals surface area contributed by atoms with Crippen LogP contribution < -0.4 is 24.8 Å². The van der Waals surface area contributed by atoms with Crippen molar-refractivity contribution in [2.45, 2.75) is 85.0 Å². The number of benzene rings is 3. The van der Waals surface area contributed by atoms with Crippen LogP contribution in [0.25, 0.3) is 0 Å². The van der Waals surface area contributed by atoms with Gasteiger partial charge in [-0.05, 0) is 30.6 Å². The summed E-state index contributed by atoms with van der Waals surface area (Å²) in [5, 5.41) is 0. The van der Waals surface area contributed by atoms with Crippen LogP contribution in [0.1, 0.15) is 88.0 Å². The molecule has 0 radical (unpaired) electrons. The van der Waals surface area contributed by atoms with E-state index in [0.717, 1.165) is 42.4 Å². The summed E-state index contributed by atoms with van der Waals surface area (Å²) in [5.74, 6) is 6.00. The maximum Gasteiger partial charge on any atom is -0.172 e. The van der Waals surface area contributed by atoms with Crippen LogP contribution in [0.15, 0.2) is 126 Å². The Bertz CT molecular complexity index is 1530. The van der Waals surface area contributed by atoms with Crippen molar-refractivity contribution in [3.63, 3.8) is 0 Å². The normalized spacial score (nSPS) is 24.4. The van der Waals surface area contributed by atoms with Gasteiger partial charge in [-0.1, -0.05) is 99.1 Å². The first-order valence-corrected chi connectivity index (χ1v) is 19.6. The summed E-state index contributed by atoms with van der Waals surface area (Å²) in [6.45, 7) is 9.99. The Hall–Kier alpha value is -2.06. The van der Waals surface area contributed by atoms with E-state index in [1.54, 1.807) is 20.3 Å². The van der Waals surface area contributed by atoms with Crippen LogP contribution >= 0.6 is 0 Å². The molecule has 48 heavy (non-hydrogen) atoms. The van der Waals surface area contributed by atoms with E-state index in [1.807, 2.05) is 41.5 Å². The molecule has 0 aliphatic heterocycles. The maximum atomic E-state index is 2.51. The molecule has 2 saturated carbocycles. The largest absolute Gasteiger partial charge is 0.214 e. The van der Waals surface area contributed by atoms with Gasteiger partial charge in [-0.15, -0.1) is 6.92 Å². The van der Waals surface area contributed by atoms with Crippen molar-refractivity contribution < 1.29 is 48.7 Å². The molecule has 4 aromatic carbocycles. The fourth-order valence-corrected chi connectivity index (χ4v) is 10.5. The van der Waals surface area contributed by atoms with Gasteiger partial charge in [0.05, 0.1) is 0 Å². The number of hydrogen-bond donors (Lipinski definition) is 0. The Morgan fingerprint density at radius 2 is 1.31 bits per heavy atom. The average Bonchev–Trinajstić information content (AvgIpc) is 3.78. The van der Waals surface area contributed by atoms with Gasteiger partial charge in [0.2, 0.25) is 0 Å². The molecule has 4 aliphatic rings. The maximum absolute atomic E-state index is 2.51. The average molecular weight is 842 g/mol. The van der Waals surface area contributed by atoms with Gasteiger partial charge in [0, 0.05) is 0 Å². The number of hydrogen-bond acceptors (Lipinski definition) is 0. The summed E-state index contributed by atoms with van der Waals surface area (Å²) >= 11 is 1.18. The summed E-state index contributed by atoms with van der Waals surface area (Å²) < 4.78 is 1.65. The molecule has 5 unspecified atom stereocenters. The quantitative estimate of drug-likeness (QED) is 0.193. The van der Waals surface area contributed by atoms with Crippen LogP contribution in [0.3, 0.4) is 0 Å². The van der Waals surface area contributed by atoms with E-state index >= 15 is 0 Å². The van der Waals surface area contributed by atoms with Crippen LogP contribution in [-0.2, 0) is 43.2 Å². The minimum Gasteiger partial charge on any atom is -0.214 e. The number of allylic oxidation sites excluding steroid dienone is 2. The van der Waals surface area contributed by atoms with Gasteiger partial charge >= 0.3 is 112 Å². The molecule has 0 spiro atoms. The van der Waals surface area contributed by atoms with Crippen LogP contribution in [0.2, 0.25) is 0 Å². The first-order chi connectivity index (χ1) is 22.3. The summed E-state index contributed by atoms with van der Waals surface area (Å²) in [5.41, 5.74) is 10.2. The topological polar surface area (TPSA) is 0 Å². The predicted molar refractivity (Wildman–Crippen MR) is 193 cm³/mol. The molecule has 0 aromatic heterocycles. The standard InChI is InChI=1S/C25H33.C15H14.C5H5.2ClH.Hf/c1-15-13-21-19-11-7-8-12-20(19)24-18-10-6-5-9-17(18)14-22(24)23(21)16(2)25(15,3)4;1-3-8-14(9-4-1)12-7-13-15-10-5-2-6-11-15;1-2-4-5-3-1;;;/h5-6,9-10,15,19-21,24H,7-8,11-14H2,1-4H3;1-6,8-11H,12-13H2;1-5H;2*1H;/q-1;;-1;;;+2/p-2. The minimum atomic E-state index is 0. The number of rotatable bonds is 4. The second kappa shape index (κ2) is 17.7. The third-order valence-electron chi connectivity index (χ3n) is 12.0. The Labute approximate surface area is 318 Å². The molecular weight excluding hydrogens is 790 g/mol. The smallest absolute Gasteiger partial charge is 0.172 e. The molecule has 0 amide bonds. The van der Waals surface area contributed by atoms with Gasteiger partial charge in [0.25, 0.3) is 0 Å². The van der Waals surface area contributed by atoms with Crippen LogP contribution in [0.4, 0.5) is 0 Å². The second-order valence-corrected chi connectivity index (χ2v) is 17.4. The molecular formula is C45H52Cl2Hf-2. The van der Waals surface area contributed by atoms with Gasteiger partial charge in [-0.2, -0.15) is 18.2 Å². The predicted octanol–water partition coefficient (Wildman–Crippen LogP) is 5.32. The van der Waals surface area contributed by atoms with Crippen molar-refractivity contribution in [1.29, 1.82) is 0 Å². The minimum absolute atomic E-state index is 0. The second-order valence-electron chi connectivity index (χ2n) is 14.9. The van der Waals surface area contributed by atoms with Crippen LogP contribution in [0, 0.1) is 35.0 Å². The first kappa shape index (κ1) is 38.7. The van der Waals surface area contributed by atoms with Gasteiger partial charge in [0.1, 0.15) is 0 Å². The fourth-order valence-electron chi connectivity index (χ4n) is 9.08. The Morgan fingerprint density at radius 3 is 1.88 bits per heavy atom. The summed E-state index contributed by atoms with van der Waals surface area (Å²) in [7, 11) is 0. The van der Waals surface area contributed by atoms with Gasteiger partial charge in [-0.25, -0.2) is 29.2 Å². The van der Waals surface area contributed by atoms with E-state index in [2.05, 4.69) is 113 Å². The SMILES string of the molecule is C[C-]1C2=C3Cc4ccccc4C3C3CCCCC3C2CC(C)C1(C)C.[Cl-].[Cl-].[Hf+2]=[C](Cc1ccccc1)Cc1ccccc1.c1cc[cH-]c1. The van der Waals surface area contributed by atoms with Gasteiger partial charge in [-0.3, -0.25) is 0 Å². The Morgan fingerprint density at radius 1 is 0.771 bits per heavy atom. The summed E-state index contributed by atoms with van der Waals surface area (Å²) in [6.07, 6.45) is 10.8. The fraction of sp³-hybridized carbons (Fsp3) is 0.400. The summed E-state index contributed by atoms with van der Waals surface area (Å²) in [4.78, 5) is 0. The Kier molecular flexibility index (Phi) is 14.3. The zero-order valence-corrected chi connectivity index (χ0v) is 34.4. The third kappa shape index (κ3) is 8.62. The molecule has 0 nitrogen and oxygen atoms in total. The van der Waals surface area contributed by atoms with Gasteiger partial charge < -0.3 is 24.8 Å². The Balaban J connectivity index is 0.000000195. The van der Waals surface area contributed by atoms with Crippen molar-refractivity contribution in [3.8, 4) is 0 Å². The van der Waals surface area contributed by atoms with Crippen molar-refractivity contribution >= 4 is 3.26 Å². The molecule has 4 aromatic rings. The molecule has 0 bridgehead atoms. The van der Waals surface area contributed by atoms with Crippen LogP contribution in [-0.4, -0.2) is 3.26 Å². The molecule has 0 saturated heterocycles. The van der Waals surface area contributed by atoms with Gasteiger partial charge in [0.15, 0.2) is 0 Å². The van der Waals surface area contributed by atoms with Crippen molar-refractivity contribution in [2.24, 2.45) is 29.1 Å². The number of halogens is 2. The van der Waals surface area contributed by atoms with E-state index in [9.17, 15) is 0 Å². The first-order valence-electron chi connectivity index (χ1n) is 17.8. The van der Waals surface area contributed by atoms with Crippen molar-refractivity contribution in [1.82, 2.24) is 0 Å². The number of fused-ring (bicyclic) bond motifs is 7. The molecule has 5 atom stereocenters. The van der Waals surface area contributed by atoms with E-state index in [0.29, 0.717) is 5.41 Å². The molecule has 0 N–H and O–H groups in total. The zero-order chi connectivity index (χ0) is 32.1. The van der Waals surface area contributed by atoms with E-state index < -0.39 is 0 Å². The van der Waals surface area contributed by atoms with E-state index in [4.69, 9.17) is 0 Å². The van der Waals surface area contributed by atoms with E-state index in [-0.39, 0.29) is 24.8 Å². The molecule has 4 aliphatic carbocycles. The van der Waals surface area contributed by atoms with Crippen molar-refractivity contribution in [3.05, 3.63) is 155 Å². The van der Waals surface area contributed by atoms with Crippen molar-refractivity contribution in [2.75, 3.05) is 0 Å². The molecule has 2 fully saturated rings. The van der Waals surface area contributed by atoms with E-state index in [1.165, 1.54) is 73.5 Å².